The van der Waals surface area contributed by atoms with Gasteiger partial charge in [-0.1, -0.05) is 11.8 Å². The van der Waals surface area contributed by atoms with E-state index in [1.54, 1.807) is 6.92 Å². The average Bonchev–Trinajstić information content (AvgIpc) is 2.67. The Morgan fingerprint density at radius 1 is 1.57 bits per heavy atom. The van der Waals surface area contributed by atoms with Crippen LogP contribution in [-0.2, 0) is 14.3 Å². The van der Waals surface area contributed by atoms with Gasteiger partial charge < -0.3 is 10.5 Å². The van der Waals surface area contributed by atoms with Crippen molar-refractivity contribution in [2.75, 3.05) is 19.4 Å². The van der Waals surface area contributed by atoms with Crippen LogP contribution in [0, 0.1) is 0 Å². The molecule has 1 aliphatic rings. The third-order valence-corrected chi connectivity index (χ3v) is 3.94. The van der Waals surface area contributed by atoms with Crippen LogP contribution in [0.5, 0.6) is 0 Å². The molecule has 1 saturated heterocycles. The molecule has 9 heteroatoms. The minimum absolute atomic E-state index is 0.0175. The number of likely N-dealkylation sites (tertiary alicyclic amines) is 1. The van der Waals surface area contributed by atoms with Crippen molar-refractivity contribution in [2.24, 2.45) is 0 Å². The highest BCUT2D eigenvalue weighted by Gasteiger charge is 2.37. The van der Waals surface area contributed by atoms with E-state index in [4.69, 9.17) is 10.5 Å². The van der Waals surface area contributed by atoms with Gasteiger partial charge in [0.2, 0.25) is 11.8 Å². The molecule has 1 unspecified atom stereocenters. The van der Waals surface area contributed by atoms with E-state index in [9.17, 15) is 14.4 Å². The summed E-state index contributed by atoms with van der Waals surface area (Å²) in [5, 5.41) is -0.322. The van der Waals surface area contributed by atoms with Crippen molar-refractivity contribution in [2.45, 2.75) is 23.8 Å². The van der Waals surface area contributed by atoms with E-state index < -0.39 is 11.2 Å². The Hall–Kier alpha value is -2.16. The van der Waals surface area contributed by atoms with Crippen LogP contribution in [-0.4, -0.2) is 51.6 Å². The zero-order valence-corrected chi connectivity index (χ0v) is 12.3. The number of hydrogen-bond donors (Lipinski definition) is 1. The van der Waals surface area contributed by atoms with Crippen molar-refractivity contribution in [1.82, 2.24) is 14.9 Å². The standard InChI is InChI=1S/C12H14N4O4S/c1-3-20-11(19)6-5-14-12(15-9(6)13)21-7-4-8(17)16(2)10(7)18/h5,7H,3-4H2,1-2H3,(H2,13,14,15). The smallest absolute Gasteiger partial charge is 0.343 e. The molecule has 112 valence electrons. The molecule has 0 aromatic carbocycles. The van der Waals surface area contributed by atoms with Crippen LogP contribution in [0.15, 0.2) is 11.4 Å². The summed E-state index contributed by atoms with van der Waals surface area (Å²) >= 11 is 1.05. The SMILES string of the molecule is CCOC(=O)c1cnc(SC2CC(=O)N(C)C2=O)nc1N. The van der Waals surface area contributed by atoms with Crippen LogP contribution in [0.1, 0.15) is 23.7 Å². The molecule has 1 aromatic rings. The Bertz CT molecular complexity index is 607. The quantitative estimate of drug-likeness (QED) is 0.472. The minimum Gasteiger partial charge on any atom is -0.462 e. The van der Waals surface area contributed by atoms with Gasteiger partial charge in [0.25, 0.3) is 0 Å². The van der Waals surface area contributed by atoms with Crippen LogP contribution in [0.4, 0.5) is 5.82 Å². The number of carbonyl (C=O) groups is 3. The van der Waals surface area contributed by atoms with E-state index in [1.165, 1.54) is 13.2 Å². The summed E-state index contributed by atoms with van der Waals surface area (Å²) in [4.78, 5) is 43.8. The van der Waals surface area contributed by atoms with Crippen LogP contribution < -0.4 is 5.73 Å². The summed E-state index contributed by atoms with van der Waals surface area (Å²) in [6, 6.07) is 0. The molecular weight excluding hydrogens is 296 g/mol. The highest BCUT2D eigenvalue weighted by atomic mass is 32.2. The molecule has 0 spiro atoms. The summed E-state index contributed by atoms with van der Waals surface area (Å²) in [7, 11) is 1.43. The van der Waals surface area contributed by atoms with Gasteiger partial charge in [-0.15, -0.1) is 0 Å². The number of nitrogen functional groups attached to an aromatic ring is 1. The number of esters is 1. The summed E-state index contributed by atoms with van der Waals surface area (Å²) in [5.41, 5.74) is 5.76. The first-order chi connectivity index (χ1) is 9.93. The molecule has 2 rings (SSSR count). The molecule has 2 amide bonds. The van der Waals surface area contributed by atoms with Crippen molar-refractivity contribution >= 4 is 35.4 Å². The molecule has 2 heterocycles. The van der Waals surface area contributed by atoms with Crippen molar-refractivity contribution in [1.29, 1.82) is 0 Å². The van der Waals surface area contributed by atoms with Crippen LogP contribution in [0.25, 0.3) is 0 Å². The predicted octanol–water partition coefficient (Wildman–Crippen LogP) is 0.0849. The number of hydrogen-bond acceptors (Lipinski definition) is 8. The number of thioether (sulfide) groups is 1. The predicted molar refractivity (Wildman–Crippen MR) is 74.4 cm³/mol. The summed E-state index contributed by atoms with van der Waals surface area (Å²) < 4.78 is 4.82. The van der Waals surface area contributed by atoms with Gasteiger partial charge in [-0.2, -0.15) is 0 Å². The topological polar surface area (TPSA) is 115 Å². The Kier molecular flexibility index (Phi) is 4.41. The fourth-order valence-electron chi connectivity index (χ4n) is 1.74. The number of nitrogens with zero attached hydrogens (tertiary/aromatic N) is 3. The zero-order chi connectivity index (χ0) is 15.6. The van der Waals surface area contributed by atoms with Crippen LogP contribution >= 0.6 is 11.8 Å². The van der Waals surface area contributed by atoms with Gasteiger partial charge in [0.1, 0.15) is 16.6 Å². The van der Waals surface area contributed by atoms with Crippen LogP contribution in [0.2, 0.25) is 0 Å². The van der Waals surface area contributed by atoms with E-state index in [1.807, 2.05) is 0 Å². The number of amides is 2. The Balaban J connectivity index is 2.12. The summed E-state index contributed by atoms with van der Waals surface area (Å²) in [6.07, 6.45) is 1.36. The maximum Gasteiger partial charge on any atom is 0.343 e. The minimum atomic E-state index is -0.599. The molecule has 1 aliphatic heterocycles. The zero-order valence-electron chi connectivity index (χ0n) is 11.5. The third-order valence-electron chi connectivity index (χ3n) is 2.88. The Morgan fingerprint density at radius 3 is 2.81 bits per heavy atom. The van der Waals surface area contributed by atoms with Gasteiger partial charge in [-0.3, -0.25) is 14.5 Å². The highest BCUT2D eigenvalue weighted by Crippen LogP contribution is 2.29. The molecule has 0 radical (unpaired) electrons. The molecule has 2 N–H and O–H groups in total. The fraction of sp³-hybridized carbons (Fsp3) is 0.417. The molecule has 1 fully saturated rings. The second-order valence-corrected chi connectivity index (χ2v) is 5.44. The maximum atomic E-state index is 11.8. The van der Waals surface area contributed by atoms with Gasteiger partial charge in [-0.25, -0.2) is 14.8 Å². The number of imide groups is 1. The van der Waals surface area contributed by atoms with Crippen molar-refractivity contribution in [3.05, 3.63) is 11.8 Å². The fourth-order valence-corrected chi connectivity index (χ4v) is 2.75. The third kappa shape index (κ3) is 3.13. The average molecular weight is 310 g/mol. The van der Waals surface area contributed by atoms with Gasteiger partial charge in [0.05, 0.1) is 6.61 Å². The van der Waals surface area contributed by atoms with Gasteiger partial charge in [0, 0.05) is 19.7 Å². The van der Waals surface area contributed by atoms with E-state index in [0.717, 1.165) is 16.7 Å². The lowest BCUT2D eigenvalue weighted by molar-refractivity contribution is -0.136. The lowest BCUT2D eigenvalue weighted by Gasteiger charge is -2.09. The first-order valence-corrected chi connectivity index (χ1v) is 7.08. The van der Waals surface area contributed by atoms with Crippen molar-refractivity contribution < 1.29 is 19.1 Å². The molecule has 1 atom stereocenters. The van der Waals surface area contributed by atoms with Crippen molar-refractivity contribution in [3.63, 3.8) is 0 Å². The number of anilines is 1. The molecular formula is C12H14N4O4S. The number of nitrogens with two attached hydrogens (primary N) is 1. The largest absolute Gasteiger partial charge is 0.462 e. The molecule has 21 heavy (non-hydrogen) atoms. The van der Waals surface area contributed by atoms with Gasteiger partial charge in [0.15, 0.2) is 5.16 Å². The maximum absolute atomic E-state index is 11.8. The van der Waals surface area contributed by atoms with E-state index in [2.05, 4.69) is 9.97 Å². The second kappa shape index (κ2) is 6.08. The molecule has 1 aromatic heterocycles. The molecule has 0 aliphatic carbocycles. The molecule has 8 nitrogen and oxygen atoms in total. The normalized spacial score (nSPS) is 18.2. The first-order valence-electron chi connectivity index (χ1n) is 6.20. The van der Waals surface area contributed by atoms with Crippen molar-refractivity contribution in [3.8, 4) is 0 Å². The molecule has 0 saturated carbocycles. The number of rotatable bonds is 4. The Labute approximate surface area is 125 Å². The van der Waals surface area contributed by atoms with E-state index in [-0.39, 0.29) is 41.4 Å². The number of ether oxygens (including phenoxy) is 1. The van der Waals surface area contributed by atoms with E-state index >= 15 is 0 Å². The monoisotopic (exact) mass is 310 g/mol. The highest BCUT2D eigenvalue weighted by molar-refractivity contribution is 8.00. The lowest BCUT2D eigenvalue weighted by Crippen LogP contribution is -2.26. The first kappa shape index (κ1) is 15.2. The van der Waals surface area contributed by atoms with Gasteiger partial charge >= 0.3 is 5.97 Å². The van der Waals surface area contributed by atoms with Gasteiger partial charge in [-0.05, 0) is 6.92 Å². The lowest BCUT2D eigenvalue weighted by atomic mass is 10.3. The van der Waals surface area contributed by atoms with Crippen LogP contribution in [0.3, 0.4) is 0 Å². The number of carbonyl (C=O) groups excluding carboxylic acids is 3. The second-order valence-electron chi connectivity index (χ2n) is 4.27. The molecule has 0 bridgehead atoms. The summed E-state index contributed by atoms with van der Waals surface area (Å²) in [5.74, 6) is -1.15. The van der Waals surface area contributed by atoms with E-state index in [0.29, 0.717) is 0 Å². The summed E-state index contributed by atoms with van der Waals surface area (Å²) in [6.45, 7) is 1.90. The number of aromatic nitrogens is 2. The Morgan fingerprint density at radius 2 is 2.29 bits per heavy atom.